The summed E-state index contributed by atoms with van der Waals surface area (Å²) in [7, 11) is -1.48. The van der Waals surface area contributed by atoms with Gasteiger partial charge >= 0.3 is 7.12 Å². The van der Waals surface area contributed by atoms with Crippen molar-refractivity contribution < 1.29 is 10.0 Å². The molecule has 176 valence electrons. The third-order valence-electron chi connectivity index (χ3n) is 6.55. The summed E-state index contributed by atoms with van der Waals surface area (Å²) in [5, 5.41) is 21.1. The Hall–Kier alpha value is -4.58. The van der Waals surface area contributed by atoms with Gasteiger partial charge in [0.15, 0.2) is 5.82 Å². The molecule has 0 aliphatic heterocycles. The average Bonchev–Trinajstić information content (AvgIpc) is 2.97. The molecular weight excluding hydrogens is 455 g/mol. The van der Waals surface area contributed by atoms with Crippen molar-refractivity contribution in [1.82, 2.24) is 9.97 Å². The van der Waals surface area contributed by atoms with E-state index >= 15 is 0 Å². The van der Waals surface area contributed by atoms with E-state index in [0.717, 1.165) is 50.0 Å². The van der Waals surface area contributed by atoms with Crippen LogP contribution in [0.15, 0.2) is 127 Å². The predicted molar refractivity (Wildman–Crippen MR) is 151 cm³/mol. The molecule has 0 atom stereocenters. The molecule has 0 saturated carbocycles. The molecule has 6 aromatic rings. The highest BCUT2D eigenvalue weighted by Gasteiger charge is 2.15. The Morgan fingerprint density at radius 2 is 1.00 bits per heavy atom. The first-order chi connectivity index (χ1) is 18.2. The highest BCUT2D eigenvalue weighted by atomic mass is 16.4. The maximum absolute atomic E-state index is 9.47. The molecule has 1 heterocycles. The number of rotatable bonds is 5. The number of fused-ring (bicyclic) bond motifs is 1. The molecule has 6 rings (SSSR count). The molecule has 5 heteroatoms. The van der Waals surface area contributed by atoms with Gasteiger partial charge in [0.25, 0.3) is 0 Å². The van der Waals surface area contributed by atoms with Gasteiger partial charge in [0, 0.05) is 16.7 Å². The summed E-state index contributed by atoms with van der Waals surface area (Å²) in [5.74, 6) is 0.684. The molecule has 0 saturated heterocycles. The molecule has 0 radical (unpaired) electrons. The van der Waals surface area contributed by atoms with Gasteiger partial charge in [0.1, 0.15) is 0 Å². The molecule has 2 N–H and O–H groups in total. The lowest BCUT2D eigenvalue weighted by Gasteiger charge is -2.14. The second-order valence-corrected chi connectivity index (χ2v) is 8.90. The maximum atomic E-state index is 9.47. The molecule has 0 aliphatic rings. The largest absolute Gasteiger partial charge is 0.488 e. The van der Waals surface area contributed by atoms with Crippen LogP contribution in [0.2, 0.25) is 0 Å². The minimum absolute atomic E-state index is 0.465. The molecule has 0 bridgehead atoms. The number of nitrogens with zero attached hydrogens (tertiary/aromatic N) is 2. The first kappa shape index (κ1) is 22.9. The number of benzene rings is 5. The van der Waals surface area contributed by atoms with Gasteiger partial charge in [0.2, 0.25) is 0 Å². The molecule has 0 spiro atoms. The van der Waals surface area contributed by atoms with Gasteiger partial charge in [-0.15, -0.1) is 0 Å². The fraction of sp³-hybridized carbons (Fsp3) is 0. The third kappa shape index (κ3) is 4.54. The Labute approximate surface area is 215 Å². The second-order valence-electron chi connectivity index (χ2n) is 8.90. The first-order valence-corrected chi connectivity index (χ1v) is 12.2. The normalized spacial score (nSPS) is 11.0. The minimum Gasteiger partial charge on any atom is -0.423 e. The van der Waals surface area contributed by atoms with Crippen LogP contribution in [0.5, 0.6) is 0 Å². The zero-order valence-electron chi connectivity index (χ0n) is 20.0. The summed E-state index contributed by atoms with van der Waals surface area (Å²) >= 11 is 0. The molecule has 0 fully saturated rings. The number of aromatic nitrogens is 2. The molecule has 0 amide bonds. The quantitative estimate of drug-likeness (QED) is 0.300. The molecular formula is C32H23BN2O2. The fourth-order valence-electron chi connectivity index (χ4n) is 4.67. The van der Waals surface area contributed by atoms with E-state index in [0.29, 0.717) is 11.3 Å². The van der Waals surface area contributed by atoms with Gasteiger partial charge < -0.3 is 10.0 Å². The van der Waals surface area contributed by atoms with Crippen molar-refractivity contribution in [3.05, 3.63) is 127 Å². The van der Waals surface area contributed by atoms with E-state index in [9.17, 15) is 10.0 Å². The van der Waals surface area contributed by atoms with Gasteiger partial charge in [-0.3, -0.25) is 0 Å². The van der Waals surface area contributed by atoms with Crippen LogP contribution < -0.4 is 5.46 Å². The van der Waals surface area contributed by atoms with Crippen molar-refractivity contribution in [2.24, 2.45) is 0 Å². The van der Waals surface area contributed by atoms with E-state index in [1.807, 2.05) is 72.8 Å². The number of hydrogen-bond acceptors (Lipinski definition) is 4. The molecule has 4 nitrogen and oxygen atoms in total. The highest BCUT2D eigenvalue weighted by Crippen LogP contribution is 2.36. The van der Waals surface area contributed by atoms with Crippen molar-refractivity contribution in [3.8, 4) is 45.0 Å². The SMILES string of the molecule is OB(O)c1ccc(-c2ccc(-c3cc(-c4ccccc4)nc(-c4ccccc4)n3)c3ccccc23)cc1. The van der Waals surface area contributed by atoms with Crippen LogP contribution in [0.3, 0.4) is 0 Å². The lowest BCUT2D eigenvalue weighted by Crippen LogP contribution is -2.29. The Balaban J connectivity index is 1.54. The summed E-state index contributed by atoms with van der Waals surface area (Å²) in [6.45, 7) is 0. The monoisotopic (exact) mass is 478 g/mol. The van der Waals surface area contributed by atoms with Crippen LogP contribution in [0, 0.1) is 0 Å². The van der Waals surface area contributed by atoms with Gasteiger partial charge in [-0.05, 0) is 33.4 Å². The van der Waals surface area contributed by atoms with E-state index in [-0.39, 0.29) is 0 Å². The van der Waals surface area contributed by atoms with Crippen molar-refractivity contribution in [3.63, 3.8) is 0 Å². The molecule has 0 aliphatic carbocycles. The maximum Gasteiger partial charge on any atom is 0.488 e. The van der Waals surface area contributed by atoms with Gasteiger partial charge in [0.05, 0.1) is 11.4 Å². The first-order valence-electron chi connectivity index (χ1n) is 12.2. The molecule has 37 heavy (non-hydrogen) atoms. The lowest BCUT2D eigenvalue weighted by molar-refractivity contribution is 0.426. The van der Waals surface area contributed by atoms with Gasteiger partial charge in [-0.2, -0.15) is 0 Å². The lowest BCUT2D eigenvalue weighted by atomic mass is 9.79. The summed E-state index contributed by atoms with van der Waals surface area (Å²) in [5.41, 5.74) is 7.30. The van der Waals surface area contributed by atoms with Crippen molar-refractivity contribution in [2.45, 2.75) is 0 Å². The summed E-state index contributed by atoms with van der Waals surface area (Å²) in [4.78, 5) is 9.93. The number of hydrogen-bond donors (Lipinski definition) is 2. The van der Waals surface area contributed by atoms with E-state index in [1.54, 1.807) is 12.1 Å². The van der Waals surface area contributed by atoms with E-state index < -0.39 is 7.12 Å². The van der Waals surface area contributed by atoms with Gasteiger partial charge in [-0.1, -0.05) is 121 Å². The molecule has 1 aromatic heterocycles. The van der Waals surface area contributed by atoms with E-state index in [1.165, 1.54) is 0 Å². The zero-order chi connectivity index (χ0) is 25.2. The van der Waals surface area contributed by atoms with Crippen LogP contribution in [0.25, 0.3) is 55.8 Å². The minimum atomic E-state index is -1.48. The Morgan fingerprint density at radius 1 is 0.459 bits per heavy atom. The summed E-state index contributed by atoms with van der Waals surface area (Å²) < 4.78 is 0. The topological polar surface area (TPSA) is 66.2 Å². The van der Waals surface area contributed by atoms with E-state index in [4.69, 9.17) is 9.97 Å². The fourth-order valence-corrected chi connectivity index (χ4v) is 4.67. The molecule has 5 aromatic carbocycles. The smallest absolute Gasteiger partial charge is 0.423 e. The summed E-state index contributed by atoms with van der Waals surface area (Å²) in [6.07, 6.45) is 0. The van der Waals surface area contributed by atoms with Crippen molar-refractivity contribution in [1.29, 1.82) is 0 Å². The van der Waals surface area contributed by atoms with Gasteiger partial charge in [-0.25, -0.2) is 9.97 Å². The average molecular weight is 478 g/mol. The van der Waals surface area contributed by atoms with Crippen LogP contribution >= 0.6 is 0 Å². The highest BCUT2D eigenvalue weighted by molar-refractivity contribution is 6.58. The van der Waals surface area contributed by atoms with Crippen molar-refractivity contribution >= 4 is 23.4 Å². The Bertz CT molecular complexity index is 1630. The molecule has 0 unspecified atom stereocenters. The summed E-state index contributed by atoms with van der Waals surface area (Å²) in [6, 6.07) is 42.1. The van der Waals surface area contributed by atoms with Crippen LogP contribution in [0.4, 0.5) is 0 Å². The van der Waals surface area contributed by atoms with Crippen molar-refractivity contribution in [2.75, 3.05) is 0 Å². The van der Waals surface area contributed by atoms with Crippen LogP contribution in [-0.4, -0.2) is 27.1 Å². The van der Waals surface area contributed by atoms with Crippen LogP contribution in [0.1, 0.15) is 0 Å². The second kappa shape index (κ2) is 9.82. The Morgan fingerprint density at radius 3 is 1.65 bits per heavy atom. The Kier molecular flexibility index (Phi) is 6.07. The zero-order valence-corrected chi connectivity index (χ0v) is 20.0. The van der Waals surface area contributed by atoms with E-state index in [2.05, 4.69) is 42.5 Å². The third-order valence-corrected chi connectivity index (χ3v) is 6.55. The van der Waals surface area contributed by atoms with Crippen LogP contribution in [-0.2, 0) is 0 Å². The predicted octanol–water partition coefficient (Wildman–Crippen LogP) is 5.98. The standard InChI is InChI=1S/C32H23BN2O2/c36-33(37)25-17-15-22(16-18-25)26-19-20-29(28-14-8-7-13-27(26)28)31-21-30(23-9-3-1-4-10-23)34-32(35-31)24-11-5-2-6-12-24/h1-21,36-37H.